The number of nitrogens with zero attached hydrogens (tertiary/aromatic N) is 2. The van der Waals surface area contributed by atoms with Crippen molar-refractivity contribution in [2.24, 2.45) is 5.92 Å². The van der Waals surface area contributed by atoms with Gasteiger partial charge in [0.15, 0.2) is 5.16 Å². The fourth-order valence-electron chi connectivity index (χ4n) is 4.25. The maximum atomic E-state index is 12.6. The van der Waals surface area contributed by atoms with Crippen LogP contribution >= 0.6 is 23.1 Å². The van der Waals surface area contributed by atoms with E-state index in [4.69, 9.17) is 0 Å². The first-order chi connectivity index (χ1) is 13.5. The zero-order chi connectivity index (χ0) is 19.7. The molecule has 0 unspecified atom stereocenters. The van der Waals surface area contributed by atoms with Crippen LogP contribution in [0.2, 0.25) is 0 Å². The van der Waals surface area contributed by atoms with E-state index in [1.165, 1.54) is 16.6 Å². The van der Waals surface area contributed by atoms with Crippen molar-refractivity contribution in [1.29, 1.82) is 5.26 Å². The zero-order valence-corrected chi connectivity index (χ0v) is 17.6. The number of carbonyl (C=O) groups is 1. The van der Waals surface area contributed by atoms with E-state index in [0.29, 0.717) is 23.9 Å². The summed E-state index contributed by atoms with van der Waals surface area (Å²) in [6, 6.07) is 2.30. The van der Waals surface area contributed by atoms with E-state index in [-0.39, 0.29) is 17.2 Å². The number of H-pyrrole nitrogens is 1. The molecule has 148 valence electrons. The largest absolute Gasteiger partial charge is 0.337 e. The second-order valence-electron chi connectivity index (χ2n) is 7.99. The minimum absolute atomic E-state index is 0.110. The molecule has 8 heteroatoms. The van der Waals surface area contributed by atoms with Crippen molar-refractivity contribution >= 4 is 39.2 Å². The highest BCUT2D eigenvalue weighted by molar-refractivity contribution is 7.99. The Balaban J connectivity index is 1.47. The van der Waals surface area contributed by atoms with E-state index in [2.05, 4.69) is 28.3 Å². The van der Waals surface area contributed by atoms with Gasteiger partial charge in [-0.05, 0) is 43.6 Å². The highest BCUT2D eigenvalue weighted by atomic mass is 32.2. The van der Waals surface area contributed by atoms with Crippen molar-refractivity contribution < 1.29 is 4.79 Å². The fourth-order valence-corrected chi connectivity index (χ4v) is 6.36. The predicted molar refractivity (Wildman–Crippen MR) is 112 cm³/mol. The maximum absolute atomic E-state index is 12.6. The standard InChI is InChI=1S/C20H24N4O2S2/c1-12-5-6-13-14(9-12)28-18-16(13)17(26)22-19(23-18)27-10-15(25)24-20(11-21)7-3-2-4-8-20/h12H,2-10H2,1H3,(H,24,25)(H,22,23,26)/t12-/m1/s1. The zero-order valence-electron chi connectivity index (χ0n) is 16.0. The lowest BCUT2D eigenvalue weighted by atomic mass is 9.83. The molecule has 1 saturated carbocycles. The summed E-state index contributed by atoms with van der Waals surface area (Å²) in [6.45, 7) is 2.24. The highest BCUT2D eigenvalue weighted by Crippen LogP contribution is 2.36. The number of aryl methyl sites for hydroxylation is 1. The number of thiophene rings is 1. The van der Waals surface area contributed by atoms with Gasteiger partial charge in [0.25, 0.3) is 5.56 Å². The normalized spacial score (nSPS) is 21.1. The van der Waals surface area contributed by atoms with Crippen molar-refractivity contribution in [1.82, 2.24) is 15.3 Å². The smallest absolute Gasteiger partial charge is 0.260 e. The number of hydrogen-bond acceptors (Lipinski definition) is 6. The minimum atomic E-state index is -0.732. The number of aromatic amines is 1. The monoisotopic (exact) mass is 416 g/mol. The molecule has 4 rings (SSSR count). The molecular weight excluding hydrogens is 392 g/mol. The van der Waals surface area contributed by atoms with Gasteiger partial charge < -0.3 is 10.3 Å². The molecule has 0 bridgehead atoms. The van der Waals surface area contributed by atoms with Gasteiger partial charge in [0, 0.05) is 4.88 Å². The lowest BCUT2D eigenvalue weighted by Crippen LogP contribution is -2.49. The predicted octanol–water partition coefficient (Wildman–Crippen LogP) is 3.54. The summed E-state index contributed by atoms with van der Waals surface area (Å²) in [5.74, 6) is 0.597. The third-order valence-corrected chi connectivity index (χ3v) is 7.81. The summed E-state index contributed by atoms with van der Waals surface area (Å²) in [6.07, 6.45) is 7.52. The van der Waals surface area contributed by atoms with E-state index in [1.54, 1.807) is 11.3 Å². The van der Waals surface area contributed by atoms with Crippen LogP contribution in [0.1, 0.15) is 55.9 Å². The van der Waals surface area contributed by atoms with Gasteiger partial charge in [0.05, 0.1) is 17.2 Å². The van der Waals surface area contributed by atoms with Crippen LogP contribution < -0.4 is 10.9 Å². The second-order valence-corrected chi connectivity index (χ2v) is 10.0. The molecule has 2 aliphatic carbocycles. The minimum Gasteiger partial charge on any atom is -0.337 e. The lowest BCUT2D eigenvalue weighted by Gasteiger charge is -2.31. The first kappa shape index (κ1) is 19.5. The molecule has 0 saturated heterocycles. The molecule has 0 radical (unpaired) electrons. The molecular formula is C20H24N4O2S2. The van der Waals surface area contributed by atoms with Gasteiger partial charge in [-0.2, -0.15) is 5.26 Å². The Bertz CT molecular complexity index is 998. The Hall–Kier alpha value is -1.85. The number of fused-ring (bicyclic) bond motifs is 3. The maximum Gasteiger partial charge on any atom is 0.260 e. The molecule has 0 aliphatic heterocycles. The molecule has 2 aromatic heterocycles. The number of amides is 1. The molecule has 2 N–H and O–H groups in total. The van der Waals surface area contributed by atoms with Crippen molar-refractivity contribution in [2.45, 2.75) is 69.0 Å². The molecule has 28 heavy (non-hydrogen) atoms. The van der Waals surface area contributed by atoms with Crippen LogP contribution in [0.25, 0.3) is 10.2 Å². The molecule has 0 aromatic carbocycles. The quantitative estimate of drug-likeness (QED) is 0.587. The average Bonchev–Trinajstić information content (AvgIpc) is 3.05. The summed E-state index contributed by atoms with van der Waals surface area (Å²) in [5, 5.41) is 13.6. The summed E-state index contributed by atoms with van der Waals surface area (Å²) in [5.41, 5.74) is 0.319. The van der Waals surface area contributed by atoms with Crippen LogP contribution in [0.5, 0.6) is 0 Å². The van der Waals surface area contributed by atoms with Crippen molar-refractivity contribution in [3.8, 4) is 6.07 Å². The van der Waals surface area contributed by atoms with Gasteiger partial charge in [0.2, 0.25) is 5.91 Å². The van der Waals surface area contributed by atoms with E-state index >= 15 is 0 Å². The first-order valence-corrected chi connectivity index (χ1v) is 11.7. The summed E-state index contributed by atoms with van der Waals surface area (Å²) >= 11 is 2.83. The van der Waals surface area contributed by atoms with Crippen LogP contribution in [0.15, 0.2) is 9.95 Å². The number of aromatic nitrogens is 2. The van der Waals surface area contributed by atoms with Crippen LogP contribution in [0.3, 0.4) is 0 Å². The Morgan fingerprint density at radius 2 is 2.21 bits per heavy atom. The highest BCUT2D eigenvalue weighted by Gasteiger charge is 2.33. The molecule has 2 heterocycles. The fraction of sp³-hybridized carbons (Fsp3) is 0.600. The first-order valence-electron chi connectivity index (χ1n) is 9.89. The van der Waals surface area contributed by atoms with Gasteiger partial charge >= 0.3 is 0 Å². The van der Waals surface area contributed by atoms with E-state index in [9.17, 15) is 14.9 Å². The van der Waals surface area contributed by atoms with E-state index in [1.807, 2.05) is 0 Å². The number of carbonyl (C=O) groups excluding carboxylic acids is 1. The average molecular weight is 417 g/mol. The SMILES string of the molecule is C[C@@H]1CCc2c(sc3nc(SCC(=O)NC4(C#N)CCCCC4)[nH]c(=O)c23)C1. The number of nitriles is 1. The van der Waals surface area contributed by atoms with Gasteiger partial charge in [-0.3, -0.25) is 9.59 Å². The third kappa shape index (κ3) is 3.83. The van der Waals surface area contributed by atoms with Crippen molar-refractivity contribution in [3.63, 3.8) is 0 Å². The molecule has 6 nitrogen and oxygen atoms in total. The topological polar surface area (TPSA) is 98.6 Å². The lowest BCUT2D eigenvalue weighted by molar-refractivity contribution is -0.120. The molecule has 1 fully saturated rings. The van der Waals surface area contributed by atoms with Gasteiger partial charge in [-0.25, -0.2) is 4.98 Å². The van der Waals surface area contributed by atoms with Gasteiger partial charge in [0.1, 0.15) is 10.4 Å². The number of thioether (sulfide) groups is 1. The Labute approximate surface area is 172 Å². The van der Waals surface area contributed by atoms with E-state index in [0.717, 1.165) is 54.3 Å². The van der Waals surface area contributed by atoms with Crippen LogP contribution in [0.4, 0.5) is 0 Å². The molecule has 0 spiro atoms. The molecule has 2 aliphatic rings. The Morgan fingerprint density at radius 1 is 1.43 bits per heavy atom. The van der Waals surface area contributed by atoms with Gasteiger partial charge in [-0.1, -0.05) is 37.9 Å². The Kier molecular flexibility index (Phi) is 5.48. The second kappa shape index (κ2) is 7.88. The number of rotatable bonds is 4. The number of nitrogens with one attached hydrogen (secondary N) is 2. The summed E-state index contributed by atoms with van der Waals surface area (Å²) < 4.78 is 0. The summed E-state index contributed by atoms with van der Waals surface area (Å²) in [7, 11) is 0. The molecule has 2 aromatic rings. The summed E-state index contributed by atoms with van der Waals surface area (Å²) in [4.78, 5) is 34.5. The van der Waals surface area contributed by atoms with Crippen LogP contribution in [-0.4, -0.2) is 27.2 Å². The molecule has 1 amide bonds. The number of hydrogen-bond donors (Lipinski definition) is 2. The molecule has 1 atom stereocenters. The van der Waals surface area contributed by atoms with Gasteiger partial charge in [-0.15, -0.1) is 11.3 Å². The Morgan fingerprint density at radius 3 is 2.96 bits per heavy atom. The van der Waals surface area contributed by atoms with E-state index < -0.39 is 5.54 Å². The van der Waals surface area contributed by atoms with Crippen LogP contribution in [0, 0.1) is 17.2 Å². The third-order valence-electron chi connectivity index (χ3n) is 5.78. The van der Waals surface area contributed by atoms with Crippen molar-refractivity contribution in [2.75, 3.05) is 5.75 Å². The van der Waals surface area contributed by atoms with Crippen molar-refractivity contribution in [3.05, 3.63) is 20.8 Å². The van der Waals surface area contributed by atoms with Crippen LogP contribution in [-0.2, 0) is 17.6 Å².